The van der Waals surface area contributed by atoms with Gasteiger partial charge in [-0.1, -0.05) is 23.7 Å². The Hall–Kier alpha value is -0.610. The van der Waals surface area contributed by atoms with Gasteiger partial charge in [-0.2, -0.15) is 0 Å². The lowest BCUT2D eigenvalue weighted by atomic mass is 9.94. The van der Waals surface area contributed by atoms with Gasteiger partial charge in [0.05, 0.1) is 0 Å². The summed E-state index contributed by atoms with van der Waals surface area (Å²) < 4.78 is 0. The van der Waals surface area contributed by atoms with Gasteiger partial charge in [0.1, 0.15) is 5.60 Å². The molecule has 3 nitrogen and oxygen atoms in total. The number of hydrogen-bond donors (Lipinski definition) is 3. The molecule has 0 aromatic heterocycles. The average Bonchev–Trinajstić information content (AvgIpc) is 2.17. The predicted molar refractivity (Wildman–Crippen MR) is 53.5 cm³/mol. The third kappa shape index (κ3) is 2.19. The van der Waals surface area contributed by atoms with Crippen molar-refractivity contribution in [1.29, 1.82) is 0 Å². The summed E-state index contributed by atoms with van der Waals surface area (Å²) in [4.78, 5) is 0. The molecule has 0 aliphatic carbocycles. The number of aliphatic hydroxyl groups is 1. The van der Waals surface area contributed by atoms with Crippen LogP contribution >= 0.6 is 11.6 Å². The Morgan fingerprint density at radius 1 is 1.31 bits per heavy atom. The van der Waals surface area contributed by atoms with Crippen LogP contribution in [0.2, 0.25) is 5.02 Å². The molecule has 72 valence electrons. The largest absolute Gasteiger partial charge is 0.383 e. The van der Waals surface area contributed by atoms with Crippen LogP contribution in [-0.4, -0.2) is 18.2 Å². The molecule has 0 spiro atoms. The Balaban J connectivity index is 3.05. The topological polar surface area (TPSA) is 72.3 Å². The minimum absolute atomic E-state index is 0.0871. The van der Waals surface area contributed by atoms with Crippen molar-refractivity contribution in [1.82, 2.24) is 0 Å². The summed E-state index contributed by atoms with van der Waals surface area (Å²) in [5.74, 6) is 0. The fraction of sp³-hybridized carbons (Fsp3) is 0.333. The van der Waals surface area contributed by atoms with Crippen LogP contribution < -0.4 is 11.5 Å². The number of halogens is 1. The molecule has 0 radical (unpaired) electrons. The van der Waals surface area contributed by atoms with Gasteiger partial charge < -0.3 is 16.6 Å². The second-order valence-electron chi connectivity index (χ2n) is 2.95. The Kier molecular flexibility index (Phi) is 3.27. The number of rotatable bonds is 3. The predicted octanol–water partition coefficient (Wildman–Crippen LogP) is 0.445. The molecule has 1 aromatic rings. The van der Waals surface area contributed by atoms with Crippen LogP contribution in [0.15, 0.2) is 24.3 Å². The Bertz CT molecular complexity index is 287. The molecule has 0 bridgehead atoms. The molecule has 0 amide bonds. The molecule has 13 heavy (non-hydrogen) atoms. The third-order valence-corrected chi connectivity index (χ3v) is 2.27. The first kappa shape index (κ1) is 10.5. The molecule has 1 aromatic carbocycles. The van der Waals surface area contributed by atoms with Crippen LogP contribution in [0.25, 0.3) is 0 Å². The fourth-order valence-corrected chi connectivity index (χ4v) is 1.29. The summed E-state index contributed by atoms with van der Waals surface area (Å²) in [6.45, 7) is 0.174. The summed E-state index contributed by atoms with van der Waals surface area (Å²) in [6.07, 6.45) is 0. The summed E-state index contributed by atoms with van der Waals surface area (Å²) in [7, 11) is 0. The van der Waals surface area contributed by atoms with Gasteiger partial charge in [-0.05, 0) is 17.7 Å². The maximum absolute atomic E-state index is 9.92. The fourth-order valence-electron chi connectivity index (χ4n) is 1.10. The van der Waals surface area contributed by atoms with E-state index < -0.39 is 5.60 Å². The van der Waals surface area contributed by atoms with Gasteiger partial charge in [0.2, 0.25) is 0 Å². The molecule has 1 rings (SSSR count). The highest BCUT2D eigenvalue weighted by molar-refractivity contribution is 6.30. The SMILES string of the molecule is NCC(O)(CN)c1cccc(Cl)c1. The van der Waals surface area contributed by atoms with Crippen molar-refractivity contribution in [2.45, 2.75) is 5.60 Å². The molecular weight excluding hydrogens is 188 g/mol. The molecule has 0 atom stereocenters. The van der Waals surface area contributed by atoms with Crippen LogP contribution in [0.3, 0.4) is 0 Å². The first-order valence-electron chi connectivity index (χ1n) is 4.01. The highest BCUT2D eigenvalue weighted by Gasteiger charge is 2.25. The van der Waals surface area contributed by atoms with Crippen LogP contribution in [0.1, 0.15) is 5.56 Å². The molecule has 0 saturated carbocycles. The first-order chi connectivity index (χ1) is 6.12. The second kappa shape index (κ2) is 4.07. The molecule has 0 fully saturated rings. The molecular formula is C9H13ClN2O. The highest BCUT2D eigenvalue weighted by Crippen LogP contribution is 2.21. The molecule has 0 heterocycles. The van der Waals surface area contributed by atoms with Gasteiger partial charge in [0, 0.05) is 18.1 Å². The monoisotopic (exact) mass is 200 g/mol. The zero-order chi connectivity index (χ0) is 9.90. The van der Waals surface area contributed by atoms with Crippen LogP contribution in [0.4, 0.5) is 0 Å². The summed E-state index contributed by atoms with van der Waals surface area (Å²) in [5.41, 5.74) is 10.3. The molecule has 4 heteroatoms. The summed E-state index contributed by atoms with van der Waals surface area (Å²) in [6, 6.07) is 6.92. The lowest BCUT2D eigenvalue weighted by Gasteiger charge is -2.25. The second-order valence-corrected chi connectivity index (χ2v) is 3.39. The van der Waals surface area contributed by atoms with Gasteiger partial charge in [0.15, 0.2) is 0 Å². The van der Waals surface area contributed by atoms with Gasteiger partial charge in [-0.15, -0.1) is 0 Å². The molecule has 5 N–H and O–H groups in total. The summed E-state index contributed by atoms with van der Waals surface area (Å²) in [5, 5.41) is 10.5. The van der Waals surface area contributed by atoms with Crippen molar-refractivity contribution in [3.63, 3.8) is 0 Å². The van der Waals surface area contributed by atoms with Crippen LogP contribution in [0, 0.1) is 0 Å². The zero-order valence-corrected chi connectivity index (χ0v) is 7.96. The van der Waals surface area contributed by atoms with E-state index in [1.807, 2.05) is 0 Å². The number of nitrogens with two attached hydrogens (primary N) is 2. The average molecular weight is 201 g/mol. The van der Waals surface area contributed by atoms with Crippen LogP contribution in [-0.2, 0) is 5.60 Å². The van der Waals surface area contributed by atoms with E-state index in [-0.39, 0.29) is 13.1 Å². The lowest BCUT2D eigenvalue weighted by molar-refractivity contribution is 0.0554. The minimum atomic E-state index is -1.16. The quantitative estimate of drug-likeness (QED) is 0.663. The van der Waals surface area contributed by atoms with Gasteiger partial charge in [-0.3, -0.25) is 0 Å². The Morgan fingerprint density at radius 2 is 1.92 bits per heavy atom. The highest BCUT2D eigenvalue weighted by atomic mass is 35.5. The van der Waals surface area contributed by atoms with Gasteiger partial charge >= 0.3 is 0 Å². The van der Waals surface area contributed by atoms with Crippen molar-refractivity contribution in [2.75, 3.05) is 13.1 Å². The van der Waals surface area contributed by atoms with Crippen molar-refractivity contribution >= 4 is 11.6 Å². The molecule has 0 unspecified atom stereocenters. The van der Waals surface area contributed by atoms with Gasteiger partial charge in [-0.25, -0.2) is 0 Å². The standard InChI is InChI=1S/C9H13ClN2O/c10-8-3-1-2-7(4-8)9(13,5-11)6-12/h1-4,13H,5-6,11-12H2. The number of benzene rings is 1. The van der Waals surface area contributed by atoms with E-state index >= 15 is 0 Å². The molecule has 0 saturated heterocycles. The molecule has 0 aliphatic rings. The smallest absolute Gasteiger partial charge is 0.114 e. The maximum Gasteiger partial charge on any atom is 0.114 e. The normalized spacial score (nSPS) is 11.7. The van der Waals surface area contributed by atoms with Crippen molar-refractivity contribution in [3.05, 3.63) is 34.9 Å². The van der Waals surface area contributed by atoms with E-state index in [4.69, 9.17) is 23.1 Å². The zero-order valence-electron chi connectivity index (χ0n) is 7.20. The van der Waals surface area contributed by atoms with Crippen molar-refractivity contribution in [3.8, 4) is 0 Å². The first-order valence-corrected chi connectivity index (χ1v) is 4.39. The van der Waals surface area contributed by atoms with Gasteiger partial charge in [0.25, 0.3) is 0 Å². The number of hydrogen-bond acceptors (Lipinski definition) is 3. The summed E-state index contributed by atoms with van der Waals surface area (Å²) >= 11 is 5.77. The van der Waals surface area contributed by atoms with Crippen molar-refractivity contribution < 1.29 is 5.11 Å². The minimum Gasteiger partial charge on any atom is -0.383 e. The van der Waals surface area contributed by atoms with E-state index in [0.717, 1.165) is 0 Å². The van der Waals surface area contributed by atoms with E-state index in [2.05, 4.69) is 0 Å². The third-order valence-electron chi connectivity index (χ3n) is 2.04. The van der Waals surface area contributed by atoms with Crippen molar-refractivity contribution in [2.24, 2.45) is 11.5 Å². The van der Waals surface area contributed by atoms with E-state index in [1.54, 1.807) is 24.3 Å². The maximum atomic E-state index is 9.92. The Labute approximate surface area is 82.3 Å². The van der Waals surface area contributed by atoms with E-state index in [9.17, 15) is 5.11 Å². The van der Waals surface area contributed by atoms with E-state index in [1.165, 1.54) is 0 Å². The van der Waals surface area contributed by atoms with Crippen LogP contribution in [0.5, 0.6) is 0 Å². The molecule has 0 aliphatic heterocycles. The lowest BCUT2D eigenvalue weighted by Crippen LogP contribution is -2.41. The Morgan fingerprint density at radius 3 is 2.38 bits per heavy atom. The van der Waals surface area contributed by atoms with E-state index in [0.29, 0.717) is 10.6 Å².